The molecule has 0 radical (unpaired) electrons. The van der Waals surface area contributed by atoms with E-state index in [-0.39, 0.29) is 42.1 Å². The van der Waals surface area contributed by atoms with Gasteiger partial charge in [-0.25, -0.2) is 4.79 Å². The van der Waals surface area contributed by atoms with Gasteiger partial charge in [0.05, 0.1) is 24.0 Å². The van der Waals surface area contributed by atoms with Gasteiger partial charge in [0.25, 0.3) is 5.91 Å². The van der Waals surface area contributed by atoms with E-state index < -0.39 is 0 Å². The van der Waals surface area contributed by atoms with Crippen LogP contribution in [-0.4, -0.2) is 44.9 Å². The number of thioether (sulfide) groups is 1. The first kappa shape index (κ1) is 27.8. The lowest BCUT2D eigenvalue weighted by atomic mass is 9.95. The first-order valence-electron chi connectivity index (χ1n) is 12.8. The van der Waals surface area contributed by atoms with Crippen molar-refractivity contribution in [1.82, 2.24) is 20.1 Å². The minimum atomic E-state index is -0.384. The number of nitrogens with one attached hydrogen (secondary N) is 2. The predicted octanol–water partition coefficient (Wildman–Crippen LogP) is 4.79. The molecule has 11 heteroatoms. The van der Waals surface area contributed by atoms with E-state index in [1.807, 2.05) is 43.7 Å². The van der Waals surface area contributed by atoms with Crippen LogP contribution in [0.5, 0.6) is 0 Å². The smallest absolute Gasteiger partial charge is 0.341 e. The number of anilines is 1. The molecule has 1 atom stereocenters. The summed E-state index contributed by atoms with van der Waals surface area (Å²) in [5, 5.41) is 15.7. The minimum absolute atomic E-state index is 0.0675. The van der Waals surface area contributed by atoms with Gasteiger partial charge in [-0.2, -0.15) is 0 Å². The van der Waals surface area contributed by atoms with Gasteiger partial charge in [0.2, 0.25) is 5.91 Å². The number of fused-ring (bicyclic) bond motifs is 1. The number of rotatable bonds is 10. The molecule has 0 saturated heterocycles. The number of amides is 2. The van der Waals surface area contributed by atoms with Gasteiger partial charge in [0, 0.05) is 17.5 Å². The Bertz CT molecular complexity index is 1300. The predicted molar refractivity (Wildman–Crippen MR) is 149 cm³/mol. The second-order valence-corrected chi connectivity index (χ2v) is 11.5. The third-order valence-electron chi connectivity index (χ3n) is 6.37. The second kappa shape index (κ2) is 12.6. The average Bonchev–Trinajstić information content (AvgIpc) is 3.45. The summed E-state index contributed by atoms with van der Waals surface area (Å²) in [6, 6.07) is 8.68. The maximum Gasteiger partial charge on any atom is 0.341 e. The summed E-state index contributed by atoms with van der Waals surface area (Å²) < 4.78 is 7.09. The van der Waals surface area contributed by atoms with E-state index in [1.165, 1.54) is 23.1 Å². The number of aromatic nitrogens is 3. The highest BCUT2D eigenvalue weighted by Crippen LogP contribution is 2.38. The van der Waals surface area contributed by atoms with E-state index in [9.17, 15) is 14.4 Å². The molecule has 2 N–H and O–H groups in total. The summed E-state index contributed by atoms with van der Waals surface area (Å²) in [4.78, 5) is 39.5. The summed E-state index contributed by atoms with van der Waals surface area (Å²) in [7, 11) is 1.83. The number of carbonyl (C=O) groups excluding carboxylic acids is 3. The van der Waals surface area contributed by atoms with Gasteiger partial charge < -0.3 is 19.9 Å². The molecule has 3 aromatic rings. The number of nitrogens with zero attached hydrogens (tertiary/aromatic N) is 3. The molecule has 0 aliphatic heterocycles. The third kappa shape index (κ3) is 6.27. The largest absolute Gasteiger partial charge is 0.462 e. The van der Waals surface area contributed by atoms with Gasteiger partial charge in [-0.1, -0.05) is 43.8 Å². The lowest BCUT2D eigenvalue weighted by molar-refractivity contribution is -0.113. The van der Waals surface area contributed by atoms with Crippen LogP contribution in [0.2, 0.25) is 0 Å². The highest BCUT2D eigenvalue weighted by molar-refractivity contribution is 7.99. The van der Waals surface area contributed by atoms with Crippen molar-refractivity contribution in [3.05, 3.63) is 57.7 Å². The van der Waals surface area contributed by atoms with Crippen molar-refractivity contribution in [3.8, 4) is 0 Å². The van der Waals surface area contributed by atoms with Crippen LogP contribution in [0.15, 0.2) is 35.5 Å². The number of carbonyl (C=O) groups is 3. The first-order chi connectivity index (χ1) is 18.3. The topological polar surface area (TPSA) is 115 Å². The fraction of sp³-hybridized carbons (Fsp3) is 0.444. The maximum atomic E-state index is 12.9. The van der Waals surface area contributed by atoms with Crippen LogP contribution in [0.1, 0.15) is 76.6 Å². The zero-order valence-electron chi connectivity index (χ0n) is 22.1. The summed E-state index contributed by atoms with van der Waals surface area (Å²) in [5.41, 5.74) is 2.08. The molecule has 0 fully saturated rings. The van der Waals surface area contributed by atoms with Crippen LogP contribution < -0.4 is 10.6 Å². The molecule has 2 heterocycles. The zero-order valence-corrected chi connectivity index (χ0v) is 23.7. The Morgan fingerprint density at radius 2 is 1.87 bits per heavy atom. The van der Waals surface area contributed by atoms with Crippen LogP contribution in [0.4, 0.5) is 5.00 Å². The number of esters is 1. The second-order valence-electron chi connectivity index (χ2n) is 9.43. The van der Waals surface area contributed by atoms with Crippen LogP contribution in [0.3, 0.4) is 0 Å². The summed E-state index contributed by atoms with van der Waals surface area (Å²) in [6.07, 6.45) is 3.84. The van der Waals surface area contributed by atoms with Crippen molar-refractivity contribution in [2.24, 2.45) is 13.0 Å². The van der Waals surface area contributed by atoms with Crippen LogP contribution in [-0.2, 0) is 29.4 Å². The molecular weight excluding hydrogens is 522 g/mol. The van der Waals surface area contributed by atoms with Crippen molar-refractivity contribution in [3.63, 3.8) is 0 Å². The molecule has 38 heavy (non-hydrogen) atoms. The molecule has 4 rings (SSSR count). The Morgan fingerprint density at radius 1 is 1.13 bits per heavy atom. The SMILES string of the molecule is CCOC(=O)c1c(NC(=O)CSc2nnc([C@@H](NC(=O)c3ccccc3)C(C)C)n2C)sc2c1CCCC2. The third-order valence-corrected chi connectivity index (χ3v) is 8.60. The van der Waals surface area contributed by atoms with Crippen LogP contribution >= 0.6 is 23.1 Å². The molecular formula is C27H33N5O4S2. The van der Waals surface area contributed by atoms with Crippen molar-refractivity contribution >= 4 is 45.9 Å². The van der Waals surface area contributed by atoms with Crippen LogP contribution in [0.25, 0.3) is 0 Å². The summed E-state index contributed by atoms with van der Waals surface area (Å²) in [5.74, 6) is -0.0245. The van der Waals surface area contributed by atoms with Crippen LogP contribution in [0, 0.1) is 5.92 Å². The monoisotopic (exact) mass is 555 g/mol. The van der Waals surface area contributed by atoms with E-state index in [1.54, 1.807) is 19.1 Å². The molecule has 0 spiro atoms. The number of hydrogen-bond donors (Lipinski definition) is 2. The number of hydrogen-bond acceptors (Lipinski definition) is 8. The number of ether oxygens (including phenoxy) is 1. The van der Waals surface area contributed by atoms with Gasteiger partial charge in [0.15, 0.2) is 11.0 Å². The van der Waals surface area contributed by atoms with Gasteiger partial charge in [-0.3, -0.25) is 9.59 Å². The van der Waals surface area contributed by atoms with E-state index >= 15 is 0 Å². The molecule has 1 aromatic carbocycles. The van der Waals surface area contributed by atoms with Gasteiger partial charge in [-0.05, 0) is 56.2 Å². The summed E-state index contributed by atoms with van der Waals surface area (Å²) >= 11 is 2.72. The quantitative estimate of drug-likeness (QED) is 0.273. The maximum absolute atomic E-state index is 12.9. The normalized spacial score (nSPS) is 13.6. The zero-order chi connectivity index (χ0) is 27.2. The molecule has 202 valence electrons. The van der Waals surface area contributed by atoms with Crippen molar-refractivity contribution in [1.29, 1.82) is 0 Å². The fourth-order valence-corrected chi connectivity index (χ4v) is 6.44. The number of thiophene rings is 1. The molecule has 0 saturated carbocycles. The Hall–Kier alpha value is -3.18. The molecule has 2 aromatic heterocycles. The molecule has 9 nitrogen and oxygen atoms in total. The van der Waals surface area contributed by atoms with Gasteiger partial charge >= 0.3 is 5.97 Å². The number of benzene rings is 1. The average molecular weight is 556 g/mol. The van der Waals surface area contributed by atoms with Crippen molar-refractivity contribution in [2.75, 3.05) is 17.7 Å². The van der Waals surface area contributed by atoms with E-state index in [0.717, 1.165) is 36.1 Å². The fourth-order valence-electron chi connectivity index (χ4n) is 4.43. The van der Waals surface area contributed by atoms with Crippen molar-refractivity contribution in [2.45, 2.75) is 57.7 Å². The Labute approximate surface area is 230 Å². The van der Waals surface area contributed by atoms with Crippen molar-refractivity contribution < 1.29 is 19.1 Å². The number of aryl methyl sites for hydroxylation is 1. The molecule has 0 bridgehead atoms. The molecule has 2 amide bonds. The summed E-state index contributed by atoms with van der Waals surface area (Å²) in [6.45, 7) is 6.07. The molecule has 1 aliphatic rings. The Morgan fingerprint density at radius 3 is 2.58 bits per heavy atom. The van der Waals surface area contributed by atoms with E-state index in [2.05, 4.69) is 20.8 Å². The lowest BCUT2D eigenvalue weighted by Gasteiger charge is -2.21. The van der Waals surface area contributed by atoms with E-state index in [0.29, 0.717) is 27.1 Å². The van der Waals surface area contributed by atoms with E-state index in [4.69, 9.17) is 4.74 Å². The Balaban J connectivity index is 1.43. The first-order valence-corrected chi connectivity index (χ1v) is 14.6. The minimum Gasteiger partial charge on any atom is -0.462 e. The lowest BCUT2D eigenvalue weighted by Crippen LogP contribution is -2.33. The highest BCUT2D eigenvalue weighted by atomic mass is 32.2. The molecule has 0 unspecified atom stereocenters. The Kier molecular flexibility index (Phi) is 9.22. The van der Waals surface area contributed by atoms with Gasteiger partial charge in [-0.15, -0.1) is 21.5 Å². The molecule has 1 aliphatic carbocycles. The standard InChI is InChI=1S/C27H33N5O4S2/c1-5-36-26(35)21-18-13-9-10-14-19(18)38-25(21)28-20(33)15-37-27-31-30-23(32(27)4)22(16(2)3)29-24(34)17-11-7-6-8-12-17/h6-8,11-12,16,22H,5,9-10,13-15H2,1-4H3,(H,28,33)(H,29,34)/t22-/m0/s1. The highest BCUT2D eigenvalue weighted by Gasteiger charge is 2.28. The van der Waals surface area contributed by atoms with Gasteiger partial charge in [0.1, 0.15) is 5.00 Å².